The Morgan fingerprint density at radius 1 is 1.00 bits per heavy atom. The minimum absolute atomic E-state index is 0.198. The number of pyridine rings is 1. The standard InChI is InChI=1S/C24H27N3O2/c1-16-6-8-20(9-7-16)21-22(26-13-17(2)11-18(3)14-26)24(29)27(23(21)28)15-19-5-4-10-25-12-19/h4-10,12,17-18H,11,13-15H2,1-3H3. The predicted molar refractivity (Wildman–Crippen MR) is 112 cm³/mol. The first-order valence-electron chi connectivity index (χ1n) is 10.3. The third kappa shape index (κ3) is 3.82. The molecule has 1 saturated heterocycles. The molecule has 5 heteroatoms. The van der Waals surface area contributed by atoms with Crippen molar-refractivity contribution in [3.05, 3.63) is 71.2 Å². The number of piperidine rings is 1. The smallest absolute Gasteiger partial charge is 0.278 e. The molecule has 0 N–H and O–H groups in total. The van der Waals surface area contributed by atoms with Gasteiger partial charge in [0, 0.05) is 25.5 Å². The van der Waals surface area contributed by atoms with E-state index in [2.05, 4.69) is 23.7 Å². The lowest BCUT2D eigenvalue weighted by Crippen LogP contribution is -2.41. The second-order valence-electron chi connectivity index (χ2n) is 8.50. The lowest BCUT2D eigenvalue weighted by atomic mass is 9.91. The molecule has 2 aliphatic heterocycles. The number of nitrogens with zero attached hydrogens (tertiary/aromatic N) is 3. The quantitative estimate of drug-likeness (QED) is 0.749. The van der Waals surface area contributed by atoms with Gasteiger partial charge in [0.1, 0.15) is 5.70 Å². The topological polar surface area (TPSA) is 53.5 Å². The largest absolute Gasteiger partial charge is 0.366 e. The highest BCUT2D eigenvalue weighted by molar-refractivity contribution is 6.35. The van der Waals surface area contributed by atoms with Crippen LogP contribution in [0.5, 0.6) is 0 Å². The summed E-state index contributed by atoms with van der Waals surface area (Å²) in [6.45, 7) is 8.28. The lowest BCUT2D eigenvalue weighted by molar-refractivity contribution is -0.138. The maximum absolute atomic E-state index is 13.5. The molecule has 2 aliphatic rings. The van der Waals surface area contributed by atoms with Gasteiger partial charge in [-0.3, -0.25) is 19.5 Å². The number of aryl methyl sites for hydroxylation is 1. The highest BCUT2D eigenvalue weighted by atomic mass is 16.2. The molecule has 1 fully saturated rings. The highest BCUT2D eigenvalue weighted by Crippen LogP contribution is 2.35. The number of aromatic nitrogens is 1. The molecule has 5 nitrogen and oxygen atoms in total. The number of likely N-dealkylation sites (tertiary alicyclic amines) is 1. The third-order valence-corrected chi connectivity index (χ3v) is 5.73. The van der Waals surface area contributed by atoms with Gasteiger partial charge in [0.25, 0.3) is 11.8 Å². The first-order chi connectivity index (χ1) is 13.9. The Morgan fingerprint density at radius 3 is 2.31 bits per heavy atom. The normalized spacial score (nSPS) is 22.6. The van der Waals surface area contributed by atoms with Crippen molar-refractivity contribution >= 4 is 17.4 Å². The van der Waals surface area contributed by atoms with E-state index in [1.807, 2.05) is 43.3 Å². The molecule has 2 unspecified atom stereocenters. The van der Waals surface area contributed by atoms with Crippen LogP contribution in [0.4, 0.5) is 0 Å². The van der Waals surface area contributed by atoms with E-state index in [-0.39, 0.29) is 18.4 Å². The number of imide groups is 1. The van der Waals surface area contributed by atoms with Crippen LogP contribution in [0, 0.1) is 18.8 Å². The SMILES string of the molecule is Cc1ccc(C2=C(N3CC(C)CC(C)C3)C(=O)N(Cc3cccnc3)C2=O)cc1. The summed E-state index contributed by atoms with van der Waals surface area (Å²) in [6, 6.07) is 11.6. The van der Waals surface area contributed by atoms with E-state index >= 15 is 0 Å². The molecule has 1 aromatic heterocycles. The summed E-state index contributed by atoms with van der Waals surface area (Å²) in [6.07, 6.45) is 4.54. The number of rotatable bonds is 4. The molecular formula is C24H27N3O2. The Hall–Kier alpha value is -2.95. The summed E-state index contributed by atoms with van der Waals surface area (Å²) < 4.78 is 0. The molecular weight excluding hydrogens is 362 g/mol. The maximum atomic E-state index is 13.5. The van der Waals surface area contributed by atoms with Gasteiger partial charge in [0.15, 0.2) is 0 Å². The first-order valence-corrected chi connectivity index (χ1v) is 10.3. The number of benzene rings is 1. The fraction of sp³-hybridized carbons (Fsp3) is 0.375. The Labute approximate surface area is 172 Å². The zero-order valence-corrected chi connectivity index (χ0v) is 17.3. The van der Waals surface area contributed by atoms with Crippen molar-refractivity contribution in [2.24, 2.45) is 11.8 Å². The van der Waals surface area contributed by atoms with E-state index in [4.69, 9.17) is 0 Å². The van der Waals surface area contributed by atoms with E-state index in [1.165, 1.54) is 4.90 Å². The minimum atomic E-state index is -0.219. The molecule has 2 atom stereocenters. The molecule has 150 valence electrons. The summed E-state index contributed by atoms with van der Waals surface area (Å²) in [5, 5.41) is 0. The van der Waals surface area contributed by atoms with Crippen molar-refractivity contribution in [2.45, 2.75) is 33.7 Å². The van der Waals surface area contributed by atoms with Crippen LogP contribution in [0.25, 0.3) is 5.57 Å². The summed E-state index contributed by atoms with van der Waals surface area (Å²) in [5.41, 5.74) is 3.86. The second kappa shape index (κ2) is 7.82. The van der Waals surface area contributed by atoms with Crippen LogP contribution < -0.4 is 0 Å². The van der Waals surface area contributed by atoms with Crippen LogP contribution in [0.2, 0.25) is 0 Å². The Balaban J connectivity index is 1.75. The van der Waals surface area contributed by atoms with Crippen LogP contribution in [0.3, 0.4) is 0 Å². The van der Waals surface area contributed by atoms with Gasteiger partial charge in [-0.1, -0.05) is 49.7 Å². The molecule has 0 radical (unpaired) electrons. The van der Waals surface area contributed by atoms with Gasteiger partial charge in [-0.2, -0.15) is 0 Å². The number of carbonyl (C=O) groups is 2. The van der Waals surface area contributed by atoms with E-state index in [0.29, 0.717) is 23.1 Å². The van der Waals surface area contributed by atoms with Crippen LogP contribution >= 0.6 is 0 Å². The molecule has 1 aromatic carbocycles. The zero-order chi connectivity index (χ0) is 20.5. The Kier molecular flexibility index (Phi) is 5.22. The highest BCUT2D eigenvalue weighted by Gasteiger charge is 2.42. The van der Waals surface area contributed by atoms with Gasteiger partial charge >= 0.3 is 0 Å². The molecule has 3 heterocycles. The van der Waals surface area contributed by atoms with Crippen LogP contribution in [0.1, 0.15) is 37.0 Å². The lowest BCUT2D eigenvalue weighted by Gasteiger charge is -2.37. The molecule has 0 spiro atoms. The fourth-order valence-electron chi connectivity index (χ4n) is 4.50. The van der Waals surface area contributed by atoms with Crippen LogP contribution in [0.15, 0.2) is 54.5 Å². The Bertz CT molecular complexity index is 940. The number of hydrogen-bond donors (Lipinski definition) is 0. The fourth-order valence-corrected chi connectivity index (χ4v) is 4.50. The molecule has 29 heavy (non-hydrogen) atoms. The summed E-state index contributed by atoms with van der Waals surface area (Å²) in [5.74, 6) is 0.556. The van der Waals surface area contributed by atoms with Crippen molar-refractivity contribution in [1.29, 1.82) is 0 Å². The average molecular weight is 389 g/mol. The number of carbonyl (C=O) groups excluding carboxylic acids is 2. The summed E-state index contributed by atoms with van der Waals surface area (Å²) >= 11 is 0. The van der Waals surface area contributed by atoms with Crippen molar-refractivity contribution in [3.63, 3.8) is 0 Å². The van der Waals surface area contributed by atoms with E-state index in [0.717, 1.165) is 36.2 Å². The predicted octanol–water partition coefficient (Wildman–Crippen LogP) is 3.65. The van der Waals surface area contributed by atoms with Gasteiger partial charge in [0.2, 0.25) is 0 Å². The molecule has 2 amide bonds. The van der Waals surface area contributed by atoms with Crippen molar-refractivity contribution in [1.82, 2.24) is 14.8 Å². The molecule has 0 saturated carbocycles. The molecule has 2 aromatic rings. The van der Waals surface area contributed by atoms with E-state index in [1.54, 1.807) is 12.4 Å². The monoisotopic (exact) mass is 389 g/mol. The number of hydrogen-bond acceptors (Lipinski definition) is 4. The molecule has 0 bridgehead atoms. The van der Waals surface area contributed by atoms with Crippen LogP contribution in [-0.2, 0) is 16.1 Å². The van der Waals surface area contributed by atoms with Crippen molar-refractivity contribution in [3.8, 4) is 0 Å². The Morgan fingerprint density at radius 2 is 1.69 bits per heavy atom. The van der Waals surface area contributed by atoms with Crippen molar-refractivity contribution < 1.29 is 9.59 Å². The number of amides is 2. The molecule has 0 aliphatic carbocycles. The first kappa shape index (κ1) is 19.4. The van der Waals surface area contributed by atoms with E-state index in [9.17, 15) is 9.59 Å². The van der Waals surface area contributed by atoms with Gasteiger partial charge < -0.3 is 4.90 Å². The van der Waals surface area contributed by atoms with Gasteiger partial charge in [0.05, 0.1) is 12.1 Å². The minimum Gasteiger partial charge on any atom is -0.366 e. The third-order valence-electron chi connectivity index (χ3n) is 5.73. The maximum Gasteiger partial charge on any atom is 0.278 e. The molecule has 4 rings (SSSR count). The van der Waals surface area contributed by atoms with E-state index < -0.39 is 0 Å². The zero-order valence-electron chi connectivity index (χ0n) is 17.3. The van der Waals surface area contributed by atoms with Gasteiger partial charge in [-0.25, -0.2) is 0 Å². The van der Waals surface area contributed by atoms with Crippen molar-refractivity contribution in [2.75, 3.05) is 13.1 Å². The van der Waals surface area contributed by atoms with Gasteiger partial charge in [-0.05, 0) is 42.4 Å². The van der Waals surface area contributed by atoms with Crippen LogP contribution in [-0.4, -0.2) is 39.7 Å². The summed E-state index contributed by atoms with van der Waals surface area (Å²) in [7, 11) is 0. The second-order valence-corrected chi connectivity index (χ2v) is 8.50. The van der Waals surface area contributed by atoms with Gasteiger partial charge in [-0.15, -0.1) is 0 Å². The average Bonchev–Trinajstić information content (AvgIpc) is 2.93. The summed E-state index contributed by atoms with van der Waals surface area (Å²) in [4.78, 5) is 34.5.